The van der Waals surface area contributed by atoms with Crippen molar-refractivity contribution >= 4 is 11.8 Å². The first-order valence-electron chi connectivity index (χ1n) is 9.51. The van der Waals surface area contributed by atoms with Crippen LogP contribution in [0.5, 0.6) is 0 Å². The van der Waals surface area contributed by atoms with Crippen molar-refractivity contribution in [3.05, 3.63) is 28.9 Å². The van der Waals surface area contributed by atoms with Gasteiger partial charge in [-0.05, 0) is 25.3 Å². The molecule has 2 amide bonds. The minimum Gasteiger partial charge on any atom is -0.335 e. The molecule has 1 aromatic heterocycles. The third kappa shape index (κ3) is 2.56. The number of hydrogen-bond donors (Lipinski definition) is 0. The molecule has 0 radical (unpaired) electrons. The van der Waals surface area contributed by atoms with Crippen LogP contribution in [0.2, 0.25) is 0 Å². The van der Waals surface area contributed by atoms with Crippen molar-refractivity contribution < 1.29 is 9.59 Å². The summed E-state index contributed by atoms with van der Waals surface area (Å²) in [4.78, 5) is 45.0. The van der Waals surface area contributed by atoms with Crippen molar-refractivity contribution in [1.29, 1.82) is 0 Å². The van der Waals surface area contributed by atoms with Crippen molar-refractivity contribution in [2.45, 2.75) is 70.6 Å². The molecule has 140 valence electrons. The normalized spacial score (nSPS) is 33.1. The predicted octanol–water partition coefficient (Wildman–Crippen LogP) is 1.02. The van der Waals surface area contributed by atoms with Crippen LogP contribution in [0.15, 0.2) is 23.3 Å². The Hall–Kier alpha value is -2.18. The standard InChI is InChI=1S/C19H26N4O3/c1-13(24)23-14-10-19(2)15(6-3-4-7-16(19)23)22(11-14)17(25)12-21-9-5-8-20-18(21)26/h5,8-9,14-16H,3-4,6-7,10-12H2,1-2H3/t14-,15+,16-,19+/m0/s1. The molecule has 3 fully saturated rings. The summed E-state index contributed by atoms with van der Waals surface area (Å²) >= 11 is 0. The van der Waals surface area contributed by atoms with Crippen LogP contribution in [0, 0.1) is 5.41 Å². The Morgan fingerprint density at radius 3 is 2.69 bits per heavy atom. The zero-order valence-electron chi connectivity index (χ0n) is 15.4. The monoisotopic (exact) mass is 358 g/mol. The van der Waals surface area contributed by atoms with E-state index in [9.17, 15) is 14.4 Å². The van der Waals surface area contributed by atoms with Gasteiger partial charge in [-0.1, -0.05) is 19.8 Å². The van der Waals surface area contributed by atoms with Gasteiger partial charge in [0.05, 0.1) is 6.04 Å². The maximum atomic E-state index is 13.1. The topological polar surface area (TPSA) is 75.5 Å². The summed E-state index contributed by atoms with van der Waals surface area (Å²) in [6.45, 7) is 4.48. The Bertz CT molecular complexity index is 791. The number of carbonyl (C=O) groups excluding carboxylic acids is 2. The molecule has 1 aliphatic carbocycles. The molecule has 7 nitrogen and oxygen atoms in total. The highest BCUT2D eigenvalue weighted by molar-refractivity contribution is 5.78. The van der Waals surface area contributed by atoms with E-state index in [1.807, 2.05) is 9.80 Å². The molecule has 0 N–H and O–H groups in total. The maximum Gasteiger partial charge on any atom is 0.347 e. The highest BCUT2D eigenvalue weighted by atomic mass is 16.2. The van der Waals surface area contributed by atoms with Gasteiger partial charge >= 0.3 is 5.69 Å². The number of fused-ring (bicyclic) bond motifs is 1. The van der Waals surface area contributed by atoms with Crippen LogP contribution in [0.25, 0.3) is 0 Å². The van der Waals surface area contributed by atoms with E-state index in [0.717, 1.165) is 32.1 Å². The zero-order valence-corrected chi connectivity index (χ0v) is 15.4. The SMILES string of the molecule is CC(=O)N1[C@@H]2CN(C(=O)Cn3cccnc3=O)[C@@H]3CCCC[C@H]1[C@]3(C)C2. The number of carbonyl (C=O) groups is 2. The van der Waals surface area contributed by atoms with E-state index in [0.29, 0.717) is 6.54 Å². The van der Waals surface area contributed by atoms with Crippen molar-refractivity contribution in [3.8, 4) is 0 Å². The smallest absolute Gasteiger partial charge is 0.335 e. The molecule has 1 saturated carbocycles. The Morgan fingerprint density at radius 2 is 2.00 bits per heavy atom. The fourth-order valence-corrected chi connectivity index (χ4v) is 5.66. The number of rotatable bonds is 2. The number of likely N-dealkylation sites (tertiary alicyclic amines) is 2. The van der Waals surface area contributed by atoms with Crippen LogP contribution in [-0.2, 0) is 16.1 Å². The number of aromatic nitrogens is 2. The van der Waals surface area contributed by atoms with Crippen LogP contribution >= 0.6 is 0 Å². The molecule has 0 aromatic carbocycles. The van der Waals surface area contributed by atoms with Crippen molar-refractivity contribution in [2.75, 3.05) is 6.54 Å². The fourth-order valence-electron chi connectivity index (χ4n) is 5.66. The average molecular weight is 358 g/mol. The molecule has 4 atom stereocenters. The van der Waals surface area contributed by atoms with Gasteiger partial charge in [0, 0.05) is 43.4 Å². The molecule has 3 aliphatic rings. The van der Waals surface area contributed by atoms with Crippen molar-refractivity contribution in [1.82, 2.24) is 19.4 Å². The largest absolute Gasteiger partial charge is 0.347 e. The van der Waals surface area contributed by atoms with Crippen LogP contribution in [0.3, 0.4) is 0 Å². The fraction of sp³-hybridized carbons (Fsp3) is 0.684. The van der Waals surface area contributed by atoms with Gasteiger partial charge in [-0.15, -0.1) is 0 Å². The van der Waals surface area contributed by atoms with E-state index in [1.54, 1.807) is 19.2 Å². The second-order valence-corrected chi connectivity index (χ2v) is 8.18. The molecule has 2 saturated heterocycles. The second kappa shape index (κ2) is 6.21. The molecule has 0 spiro atoms. The predicted molar refractivity (Wildman–Crippen MR) is 95.3 cm³/mol. The number of nitrogens with zero attached hydrogens (tertiary/aromatic N) is 4. The highest BCUT2D eigenvalue weighted by Gasteiger charge is 2.60. The summed E-state index contributed by atoms with van der Waals surface area (Å²) in [6, 6.07) is 2.10. The second-order valence-electron chi connectivity index (χ2n) is 8.18. The van der Waals surface area contributed by atoms with Gasteiger partial charge in [0.2, 0.25) is 11.8 Å². The van der Waals surface area contributed by atoms with E-state index in [1.165, 1.54) is 10.8 Å². The Kier molecular flexibility index (Phi) is 4.12. The lowest BCUT2D eigenvalue weighted by molar-refractivity contribution is -0.140. The molecular formula is C19H26N4O3. The lowest BCUT2D eigenvalue weighted by Gasteiger charge is -2.46. The van der Waals surface area contributed by atoms with Crippen molar-refractivity contribution in [3.63, 3.8) is 0 Å². The summed E-state index contributed by atoms with van der Waals surface area (Å²) in [5.74, 6) is 0.0641. The lowest BCUT2D eigenvalue weighted by Crippen LogP contribution is -2.56. The summed E-state index contributed by atoms with van der Waals surface area (Å²) in [5.41, 5.74) is -0.461. The van der Waals surface area contributed by atoms with Gasteiger partial charge in [0.1, 0.15) is 6.54 Å². The molecule has 2 bridgehead atoms. The molecule has 4 rings (SSSR count). The van der Waals surface area contributed by atoms with Gasteiger partial charge in [-0.25, -0.2) is 9.78 Å². The maximum absolute atomic E-state index is 13.1. The zero-order chi connectivity index (χ0) is 18.5. The quantitative estimate of drug-likeness (QED) is 0.791. The minimum atomic E-state index is -0.406. The average Bonchev–Trinajstić information content (AvgIpc) is 2.71. The van der Waals surface area contributed by atoms with Gasteiger partial charge in [-0.3, -0.25) is 14.2 Å². The third-order valence-corrected chi connectivity index (χ3v) is 6.69. The lowest BCUT2D eigenvalue weighted by atomic mass is 9.71. The van der Waals surface area contributed by atoms with Crippen LogP contribution in [-0.4, -0.2) is 55.8 Å². The molecule has 7 heteroatoms. The Morgan fingerprint density at radius 1 is 1.27 bits per heavy atom. The first-order valence-corrected chi connectivity index (χ1v) is 9.51. The van der Waals surface area contributed by atoms with Crippen LogP contribution in [0.1, 0.15) is 46.0 Å². The summed E-state index contributed by atoms with van der Waals surface area (Å²) < 4.78 is 1.36. The number of piperidine rings is 1. The van der Waals surface area contributed by atoms with Crippen molar-refractivity contribution in [2.24, 2.45) is 5.41 Å². The number of amides is 2. The molecule has 1 aromatic rings. The molecule has 26 heavy (non-hydrogen) atoms. The Labute approximate surface area is 153 Å². The van der Waals surface area contributed by atoms with Gasteiger partial charge in [0.15, 0.2) is 0 Å². The first kappa shape index (κ1) is 17.2. The Balaban J connectivity index is 1.66. The first-order chi connectivity index (χ1) is 12.4. The molecule has 2 aliphatic heterocycles. The third-order valence-electron chi connectivity index (χ3n) is 6.69. The summed E-state index contributed by atoms with van der Waals surface area (Å²) in [5, 5.41) is 0. The van der Waals surface area contributed by atoms with Crippen LogP contribution < -0.4 is 5.69 Å². The molecule has 0 unspecified atom stereocenters. The van der Waals surface area contributed by atoms with E-state index in [2.05, 4.69) is 11.9 Å². The van der Waals surface area contributed by atoms with Gasteiger partial charge in [-0.2, -0.15) is 0 Å². The van der Waals surface area contributed by atoms with Gasteiger partial charge in [0.25, 0.3) is 0 Å². The molecule has 3 heterocycles. The minimum absolute atomic E-state index is 0.0106. The number of hydrogen-bond acceptors (Lipinski definition) is 4. The van der Waals surface area contributed by atoms with Crippen LogP contribution in [0.4, 0.5) is 0 Å². The molecular weight excluding hydrogens is 332 g/mol. The highest BCUT2D eigenvalue weighted by Crippen LogP contribution is 2.53. The summed E-state index contributed by atoms with van der Waals surface area (Å²) in [6.07, 6.45) is 8.17. The summed E-state index contributed by atoms with van der Waals surface area (Å²) in [7, 11) is 0. The van der Waals surface area contributed by atoms with Gasteiger partial charge < -0.3 is 9.80 Å². The van der Waals surface area contributed by atoms with E-state index in [4.69, 9.17) is 0 Å². The van der Waals surface area contributed by atoms with E-state index in [-0.39, 0.29) is 41.9 Å². The van der Waals surface area contributed by atoms with E-state index >= 15 is 0 Å². The van der Waals surface area contributed by atoms with E-state index < -0.39 is 5.69 Å².